The summed E-state index contributed by atoms with van der Waals surface area (Å²) < 4.78 is 0. The Morgan fingerprint density at radius 1 is 1.05 bits per heavy atom. The lowest BCUT2D eigenvalue weighted by molar-refractivity contribution is 0.0881. The Balaban J connectivity index is 3.26. The number of nitrogens with zero attached hydrogens (tertiary/aromatic N) is 1. The minimum Gasteiger partial charge on any atom is -0.320 e. The van der Waals surface area contributed by atoms with Crippen LogP contribution in [0.5, 0.6) is 0 Å². The number of hydrogen-bond acceptors (Lipinski definition) is 2. The van der Waals surface area contributed by atoms with Gasteiger partial charge in [-0.15, -0.1) is 0 Å². The maximum atomic E-state index is 7.00. The summed E-state index contributed by atoms with van der Waals surface area (Å²) in [5.74, 6) is 0.405. The summed E-state index contributed by atoms with van der Waals surface area (Å²) in [6.07, 6.45) is 2.31. The Bertz CT molecular complexity index is 370. The van der Waals surface area contributed by atoms with E-state index >= 15 is 0 Å². The van der Waals surface area contributed by atoms with Gasteiger partial charge < -0.3 is 5.73 Å². The lowest BCUT2D eigenvalue weighted by Gasteiger charge is -2.46. The van der Waals surface area contributed by atoms with E-state index in [-0.39, 0.29) is 5.54 Å². The number of nitrogens with two attached hydrogens (primary N) is 1. The molecule has 20 heavy (non-hydrogen) atoms. The van der Waals surface area contributed by atoms with Crippen molar-refractivity contribution in [2.45, 2.75) is 59.0 Å². The number of hydrogen-bond donors (Lipinski definition) is 1. The van der Waals surface area contributed by atoms with Gasteiger partial charge in [-0.05, 0) is 31.0 Å². The Kier molecular flexibility index (Phi) is 6.70. The predicted molar refractivity (Wildman–Crippen MR) is 88.8 cm³/mol. The van der Waals surface area contributed by atoms with E-state index in [1.165, 1.54) is 12.0 Å². The molecule has 1 aromatic carbocycles. The SMILES string of the molecule is CCCC(N(CC)CC)C(N)(c1ccccc1)C(C)C. The van der Waals surface area contributed by atoms with Crippen molar-refractivity contribution in [3.63, 3.8) is 0 Å². The molecule has 114 valence electrons. The van der Waals surface area contributed by atoms with E-state index in [2.05, 4.69) is 69.9 Å². The summed E-state index contributed by atoms with van der Waals surface area (Å²) >= 11 is 0. The molecule has 0 aliphatic heterocycles. The molecule has 2 heteroatoms. The summed E-state index contributed by atoms with van der Waals surface area (Å²) in [5.41, 5.74) is 7.98. The highest BCUT2D eigenvalue weighted by atomic mass is 15.2. The van der Waals surface area contributed by atoms with Gasteiger partial charge in [-0.2, -0.15) is 0 Å². The van der Waals surface area contributed by atoms with Crippen LogP contribution in [0.25, 0.3) is 0 Å². The van der Waals surface area contributed by atoms with E-state index in [9.17, 15) is 0 Å². The second kappa shape index (κ2) is 7.80. The van der Waals surface area contributed by atoms with Crippen molar-refractivity contribution < 1.29 is 0 Å². The van der Waals surface area contributed by atoms with Gasteiger partial charge in [0.2, 0.25) is 0 Å². The largest absolute Gasteiger partial charge is 0.320 e. The molecule has 0 heterocycles. The Morgan fingerprint density at radius 2 is 1.60 bits per heavy atom. The molecule has 0 saturated heterocycles. The third-order valence-electron chi connectivity index (χ3n) is 4.60. The molecular formula is C18H32N2. The highest BCUT2D eigenvalue weighted by molar-refractivity contribution is 5.27. The second-order valence-electron chi connectivity index (χ2n) is 5.98. The van der Waals surface area contributed by atoms with Crippen LogP contribution in [-0.2, 0) is 5.54 Å². The monoisotopic (exact) mass is 276 g/mol. The molecule has 2 nitrogen and oxygen atoms in total. The minimum atomic E-state index is -0.288. The molecule has 0 bridgehead atoms. The van der Waals surface area contributed by atoms with Crippen LogP contribution in [0, 0.1) is 5.92 Å². The van der Waals surface area contributed by atoms with Gasteiger partial charge in [0.15, 0.2) is 0 Å². The molecule has 0 aromatic heterocycles. The molecule has 2 N–H and O–H groups in total. The average molecular weight is 276 g/mol. The number of benzene rings is 1. The molecule has 0 aliphatic carbocycles. The van der Waals surface area contributed by atoms with Crippen LogP contribution < -0.4 is 5.73 Å². The van der Waals surface area contributed by atoms with Crippen LogP contribution in [0.15, 0.2) is 30.3 Å². The lowest BCUT2D eigenvalue weighted by Crippen LogP contribution is -2.59. The van der Waals surface area contributed by atoms with Gasteiger partial charge >= 0.3 is 0 Å². The zero-order valence-corrected chi connectivity index (χ0v) is 13.9. The molecule has 0 spiro atoms. The first-order valence-corrected chi connectivity index (χ1v) is 8.10. The Labute approximate surface area is 125 Å². The van der Waals surface area contributed by atoms with Crippen LogP contribution in [0.1, 0.15) is 53.0 Å². The summed E-state index contributed by atoms with van der Waals surface area (Å²) in [6.45, 7) is 13.3. The van der Waals surface area contributed by atoms with E-state index in [0.29, 0.717) is 12.0 Å². The second-order valence-corrected chi connectivity index (χ2v) is 5.98. The molecule has 0 fully saturated rings. The van der Waals surface area contributed by atoms with Gasteiger partial charge in [0, 0.05) is 6.04 Å². The van der Waals surface area contributed by atoms with Crippen molar-refractivity contribution in [3.05, 3.63) is 35.9 Å². The van der Waals surface area contributed by atoms with Gasteiger partial charge in [-0.25, -0.2) is 0 Å². The van der Waals surface area contributed by atoms with Crippen molar-refractivity contribution in [2.75, 3.05) is 13.1 Å². The molecule has 0 radical (unpaired) electrons. The quantitative estimate of drug-likeness (QED) is 0.777. The normalized spacial score (nSPS) is 16.4. The van der Waals surface area contributed by atoms with E-state index in [0.717, 1.165) is 19.5 Å². The van der Waals surface area contributed by atoms with E-state index in [4.69, 9.17) is 5.73 Å². The van der Waals surface area contributed by atoms with E-state index in [1.54, 1.807) is 0 Å². The highest BCUT2D eigenvalue weighted by Crippen LogP contribution is 2.35. The van der Waals surface area contributed by atoms with Crippen molar-refractivity contribution in [3.8, 4) is 0 Å². The Morgan fingerprint density at radius 3 is 2.00 bits per heavy atom. The van der Waals surface area contributed by atoms with E-state index in [1.807, 2.05) is 0 Å². The maximum Gasteiger partial charge on any atom is 0.0590 e. The number of likely N-dealkylation sites (N-methyl/N-ethyl adjacent to an activating group) is 1. The third-order valence-corrected chi connectivity index (χ3v) is 4.60. The smallest absolute Gasteiger partial charge is 0.0590 e. The third kappa shape index (κ3) is 3.42. The first kappa shape index (κ1) is 17.2. The molecular weight excluding hydrogens is 244 g/mol. The first-order chi connectivity index (χ1) is 9.52. The lowest BCUT2D eigenvalue weighted by atomic mass is 9.73. The van der Waals surface area contributed by atoms with Gasteiger partial charge in [-0.1, -0.05) is 71.4 Å². The zero-order valence-electron chi connectivity index (χ0n) is 13.9. The standard InChI is InChI=1S/C18H32N2/c1-6-12-17(20(7-2)8-3)18(19,15(4)5)16-13-10-9-11-14-16/h9-11,13-15,17H,6-8,12,19H2,1-5H3. The molecule has 0 amide bonds. The van der Waals surface area contributed by atoms with Crippen LogP contribution in [0.4, 0.5) is 0 Å². The zero-order chi connectivity index (χ0) is 15.2. The topological polar surface area (TPSA) is 29.3 Å². The summed E-state index contributed by atoms with van der Waals surface area (Å²) in [5, 5.41) is 0. The maximum absolute atomic E-state index is 7.00. The predicted octanol–water partition coefficient (Wildman–Crippen LogP) is 4.01. The highest BCUT2D eigenvalue weighted by Gasteiger charge is 2.41. The molecule has 2 atom stereocenters. The molecule has 2 unspecified atom stereocenters. The first-order valence-electron chi connectivity index (χ1n) is 8.10. The van der Waals surface area contributed by atoms with Crippen molar-refractivity contribution in [2.24, 2.45) is 11.7 Å². The minimum absolute atomic E-state index is 0.288. The molecule has 1 aromatic rings. The average Bonchev–Trinajstić information content (AvgIpc) is 2.47. The molecule has 0 aliphatic rings. The molecule has 0 saturated carbocycles. The molecule has 1 rings (SSSR count). The van der Waals surface area contributed by atoms with Gasteiger partial charge in [0.1, 0.15) is 0 Å². The Hall–Kier alpha value is -0.860. The van der Waals surface area contributed by atoms with Gasteiger partial charge in [0.25, 0.3) is 0 Å². The van der Waals surface area contributed by atoms with Crippen molar-refractivity contribution in [1.82, 2.24) is 4.90 Å². The van der Waals surface area contributed by atoms with Crippen LogP contribution >= 0.6 is 0 Å². The summed E-state index contributed by atoms with van der Waals surface area (Å²) in [7, 11) is 0. The van der Waals surface area contributed by atoms with Crippen LogP contribution in [0.2, 0.25) is 0 Å². The fraction of sp³-hybridized carbons (Fsp3) is 0.667. The van der Waals surface area contributed by atoms with Crippen molar-refractivity contribution in [1.29, 1.82) is 0 Å². The van der Waals surface area contributed by atoms with Crippen LogP contribution in [-0.4, -0.2) is 24.0 Å². The van der Waals surface area contributed by atoms with Gasteiger partial charge in [0.05, 0.1) is 5.54 Å². The number of rotatable bonds is 8. The van der Waals surface area contributed by atoms with Crippen LogP contribution in [0.3, 0.4) is 0 Å². The van der Waals surface area contributed by atoms with Gasteiger partial charge in [-0.3, -0.25) is 4.90 Å². The fourth-order valence-corrected chi connectivity index (χ4v) is 3.30. The van der Waals surface area contributed by atoms with Crippen molar-refractivity contribution >= 4 is 0 Å². The summed E-state index contributed by atoms with van der Waals surface area (Å²) in [6, 6.07) is 11.0. The van der Waals surface area contributed by atoms with E-state index < -0.39 is 0 Å². The fourth-order valence-electron chi connectivity index (χ4n) is 3.30. The summed E-state index contributed by atoms with van der Waals surface area (Å²) in [4.78, 5) is 2.52.